The van der Waals surface area contributed by atoms with Gasteiger partial charge in [0.05, 0.1) is 5.75 Å². The Labute approximate surface area is 140 Å². The first-order chi connectivity index (χ1) is 11.1. The van der Waals surface area contributed by atoms with Crippen molar-refractivity contribution in [1.29, 1.82) is 0 Å². The van der Waals surface area contributed by atoms with Crippen molar-refractivity contribution in [3.63, 3.8) is 0 Å². The molecule has 0 spiro atoms. The first-order valence-electron chi connectivity index (χ1n) is 8.30. The van der Waals surface area contributed by atoms with Gasteiger partial charge >= 0.3 is 0 Å². The van der Waals surface area contributed by atoms with E-state index in [1.807, 2.05) is 17.7 Å². The van der Waals surface area contributed by atoms with Crippen LogP contribution in [0.4, 0.5) is 0 Å². The lowest BCUT2D eigenvalue weighted by molar-refractivity contribution is 0.102. The molecule has 2 aliphatic carbocycles. The van der Waals surface area contributed by atoms with E-state index in [-0.39, 0.29) is 5.78 Å². The summed E-state index contributed by atoms with van der Waals surface area (Å²) < 4.78 is 4.37. The van der Waals surface area contributed by atoms with Gasteiger partial charge in [-0.15, -0.1) is 10.2 Å². The van der Waals surface area contributed by atoms with E-state index in [0.29, 0.717) is 17.7 Å². The second-order valence-corrected chi connectivity index (χ2v) is 7.71. The molecule has 122 valence electrons. The summed E-state index contributed by atoms with van der Waals surface area (Å²) in [5, 5.41) is 9.36. The average molecular weight is 330 g/mol. The van der Waals surface area contributed by atoms with Gasteiger partial charge in [0.1, 0.15) is 5.82 Å². The topological polar surface area (TPSA) is 52.7 Å². The molecule has 0 unspecified atom stereocenters. The molecule has 0 N–H and O–H groups in total. The van der Waals surface area contributed by atoms with Crippen LogP contribution < -0.4 is 0 Å². The van der Waals surface area contributed by atoms with Crippen LogP contribution in [0.25, 0.3) is 0 Å². The minimum Gasteiger partial charge on any atom is -0.345 e. The van der Waals surface area contributed by atoms with E-state index in [1.54, 1.807) is 0 Å². The van der Waals surface area contributed by atoms with E-state index in [4.69, 9.17) is 0 Å². The fraction of sp³-hybridized carbons (Fsp3) is 0.588. The number of thioether (sulfide) groups is 1. The molecule has 0 atom stereocenters. The Kier molecular flexibility index (Phi) is 3.59. The highest BCUT2D eigenvalue weighted by atomic mass is 32.2. The molecule has 0 aliphatic heterocycles. The minimum atomic E-state index is 0.186. The Morgan fingerprint density at radius 2 is 2.00 bits per heavy atom. The third kappa shape index (κ3) is 2.73. The molecule has 2 aromatic rings. The molecule has 0 aromatic carbocycles. The van der Waals surface area contributed by atoms with Crippen LogP contribution in [0.5, 0.6) is 0 Å². The number of aryl methyl sites for hydroxylation is 1. The Hall–Kier alpha value is -1.56. The summed E-state index contributed by atoms with van der Waals surface area (Å²) in [6, 6.07) is 2.66. The molecule has 0 amide bonds. The zero-order valence-corrected chi connectivity index (χ0v) is 14.7. The van der Waals surface area contributed by atoms with Crippen LogP contribution >= 0.6 is 11.8 Å². The Morgan fingerprint density at radius 1 is 1.26 bits per heavy atom. The lowest BCUT2D eigenvalue weighted by Crippen LogP contribution is -2.06. The number of aromatic nitrogens is 4. The van der Waals surface area contributed by atoms with Crippen LogP contribution in [0.3, 0.4) is 0 Å². The van der Waals surface area contributed by atoms with E-state index in [0.717, 1.165) is 22.2 Å². The van der Waals surface area contributed by atoms with E-state index in [1.165, 1.54) is 43.1 Å². The van der Waals surface area contributed by atoms with Gasteiger partial charge in [0.25, 0.3) is 0 Å². The molecular formula is C17H22N4OS. The number of Topliss-reactive ketones (excluding diaryl/α,β-unsaturated/α-hetero) is 1. The van der Waals surface area contributed by atoms with Crippen LogP contribution in [0.15, 0.2) is 11.2 Å². The van der Waals surface area contributed by atoms with Crippen LogP contribution in [0, 0.1) is 13.8 Å². The summed E-state index contributed by atoms with van der Waals surface area (Å²) in [7, 11) is 2.00. The Bertz CT molecular complexity index is 768. The predicted molar refractivity (Wildman–Crippen MR) is 90.2 cm³/mol. The maximum Gasteiger partial charge on any atom is 0.191 e. The van der Waals surface area contributed by atoms with E-state index in [9.17, 15) is 4.79 Å². The molecule has 2 aliphatic rings. The molecule has 5 nitrogen and oxygen atoms in total. The zero-order valence-electron chi connectivity index (χ0n) is 13.9. The molecule has 0 radical (unpaired) electrons. The predicted octanol–water partition coefficient (Wildman–Crippen LogP) is 3.42. The van der Waals surface area contributed by atoms with Gasteiger partial charge in [0.15, 0.2) is 10.9 Å². The monoisotopic (exact) mass is 330 g/mol. The van der Waals surface area contributed by atoms with Crippen molar-refractivity contribution in [2.24, 2.45) is 7.05 Å². The highest BCUT2D eigenvalue weighted by molar-refractivity contribution is 7.99. The summed E-state index contributed by atoms with van der Waals surface area (Å²) >= 11 is 1.49. The van der Waals surface area contributed by atoms with Gasteiger partial charge in [0.2, 0.25) is 0 Å². The SMILES string of the molecule is Cc1cc(C(=O)CSc2nnc(C3CC3)n2C)c(C)n1C1CC1. The molecule has 2 heterocycles. The van der Waals surface area contributed by atoms with Crippen molar-refractivity contribution < 1.29 is 4.79 Å². The maximum atomic E-state index is 12.6. The number of ketones is 1. The minimum absolute atomic E-state index is 0.186. The molecule has 2 saturated carbocycles. The Morgan fingerprint density at radius 3 is 2.65 bits per heavy atom. The van der Waals surface area contributed by atoms with Gasteiger partial charge in [-0.3, -0.25) is 4.79 Å². The number of hydrogen-bond acceptors (Lipinski definition) is 4. The van der Waals surface area contributed by atoms with Crippen LogP contribution in [0.2, 0.25) is 0 Å². The lowest BCUT2D eigenvalue weighted by atomic mass is 10.2. The lowest BCUT2D eigenvalue weighted by Gasteiger charge is -2.07. The molecule has 0 bridgehead atoms. The summed E-state index contributed by atoms with van der Waals surface area (Å²) in [5.74, 6) is 2.25. The number of hydrogen-bond donors (Lipinski definition) is 0. The highest BCUT2D eigenvalue weighted by Gasteiger charge is 2.30. The average Bonchev–Trinajstić information content (AvgIpc) is 3.43. The maximum absolute atomic E-state index is 12.6. The summed E-state index contributed by atoms with van der Waals surface area (Å²) in [6.45, 7) is 4.16. The van der Waals surface area contributed by atoms with Crippen molar-refractivity contribution in [2.45, 2.75) is 56.6 Å². The summed E-state index contributed by atoms with van der Waals surface area (Å²) in [5.41, 5.74) is 3.19. The van der Waals surface area contributed by atoms with Gasteiger partial charge < -0.3 is 9.13 Å². The van der Waals surface area contributed by atoms with E-state index < -0.39 is 0 Å². The van der Waals surface area contributed by atoms with Crippen molar-refractivity contribution in [3.05, 3.63) is 28.8 Å². The van der Waals surface area contributed by atoms with Gasteiger partial charge in [0, 0.05) is 36.0 Å². The largest absolute Gasteiger partial charge is 0.345 e. The number of carbonyl (C=O) groups is 1. The molecule has 0 saturated heterocycles. The van der Waals surface area contributed by atoms with E-state index >= 15 is 0 Å². The quantitative estimate of drug-likeness (QED) is 0.601. The number of carbonyl (C=O) groups excluding carboxylic acids is 1. The number of rotatable bonds is 6. The molecule has 2 fully saturated rings. The zero-order chi connectivity index (χ0) is 16.1. The highest BCUT2D eigenvalue weighted by Crippen LogP contribution is 2.40. The van der Waals surface area contributed by atoms with Crippen molar-refractivity contribution >= 4 is 17.5 Å². The fourth-order valence-corrected chi connectivity index (χ4v) is 4.11. The molecule has 2 aromatic heterocycles. The van der Waals surface area contributed by atoms with Crippen LogP contribution in [-0.2, 0) is 7.05 Å². The smallest absolute Gasteiger partial charge is 0.191 e. The van der Waals surface area contributed by atoms with Crippen LogP contribution in [0.1, 0.15) is 65.2 Å². The van der Waals surface area contributed by atoms with Gasteiger partial charge in [-0.25, -0.2) is 0 Å². The van der Waals surface area contributed by atoms with Gasteiger partial charge in [-0.1, -0.05) is 11.8 Å². The summed E-state index contributed by atoms with van der Waals surface area (Å²) in [4.78, 5) is 12.6. The molecule has 23 heavy (non-hydrogen) atoms. The first-order valence-corrected chi connectivity index (χ1v) is 9.28. The third-order valence-corrected chi connectivity index (χ3v) is 5.86. The van der Waals surface area contributed by atoms with Gasteiger partial charge in [-0.05, 0) is 45.6 Å². The molecular weight excluding hydrogens is 308 g/mol. The van der Waals surface area contributed by atoms with Crippen molar-refractivity contribution in [1.82, 2.24) is 19.3 Å². The van der Waals surface area contributed by atoms with Crippen molar-refractivity contribution in [2.75, 3.05) is 5.75 Å². The normalized spacial score (nSPS) is 17.7. The van der Waals surface area contributed by atoms with Crippen LogP contribution in [-0.4, -0.2) is 30.9 Å². The standard InChI is InChI=1S/C17H22N4OS/c1-10-8-14(11(2)21(10)13-6-7-13)15(22)9-23-17-19-18-16(20(17)3)12-4-5-12/h8,12-13H,4-7,9H2,1-3H3. The second kappa shape index (κ2) is 5.51. The molecule has 4 rings (SSSR count). The van der Waals surface area contributed by atoms with E-state index in [2.05, 4.69) is 28.6 Å². The third-order valence-electron chi connectivity index (χ3n) is 4.84. The number of nitrogens with zero attached hydrogens (tertiary/aromatic N) is 4. The second-order valence-electron chi connectivity index (χ2n) is 6.77. The first kappa shape index (κ1) is 15.0. The summed E-state index contributed by atoms with van der Waals surface area (Å²) in [6.07, 6.45) is 4.90. The fourth-order valence-electron chi connectivity index (χ4n) is 3.31. The molecule has 6 heteroatoms. The van der Waals surface area contributed by atoms with Gasteiger partial charge in [-0.2, -0.15) is 0 Å². The van der Waals surface area contributed by atoms with Crippen molar-refractivity contribution in [3.8, 4) is 0 Å². The Balaban J connectivity index is 1.47.